The van der Waals surface area contributed by atoms with Crippen LogP contribution in [0, 0.1) is 41.4 Å². The summed E-state index contributed by atoms with van der Waals surface area (Å²) in [5, 5.41) is 22.9. The Bertz CT molecular complexity index is 1340. The van der Waals surface area contributed by atoms with Crippen molar-refractivity contribution in [3.63, 3.8) is 0 Å². The molecule has 5 heterocycles. The zero-order chi connectivity index (χ0) is 40.7. The molecule has 18 atom stereocenters. The molecule has 11 heteroatoms. The van der Waals surface area contributed by atoms with Crippen LogP contribution < -0.4 is 0 Å². The van der Waals surface area contributed by atoms with Crippen molar-refractivity contribution in [3.8, 4) is 0 Å². The van der Waals surface area contributed by atoms with Gasteiger partial charge in [-0.05, 0) is 89.9 Å². The number of aldehydes is 1. The topological polar surface area (TPSA) is 147 Å². The van der Waals surface area contributed by atoms with Crippen molar-refractivity contribution in [1.29, 1.82) is 0 Å². The molecule has 0 bridgehead atoms. The van der Waals surface area contributed by atoms with Crippen molar-refractivity contribution in [2.75, 3.05) is 0 Å². The Hall–Kier alpha value is -1.47. The third kappa shape index (κ3) is 8.65. The molecule has 0 radical (unpaired) electrons. The summed E-state index contributed by atoms with van der Waals surface area (Å²) in [5.41, 5.74) is -1.63. The minimum Gasteiger partial charge on any atom is -0.457 e. The molecule has 0 aromatic carbocycles. The molecular weight excluding hydrogens is 704 g/mol. The average molecular weight is 779 g/mol. The van der Waals surface area contributed by atoms with Crippen LogP contribution in [0.3, 0.4) is 0 Å². The summed E-state index contributed by atoms with van der Waals surface area (Å²) in [6, 6.07) is 0. The van der Waals surface area contributed by atoms with E-state index >= 15 is 0 Å². The van der Waals surface area contributed by atoms with Gasteiger partial charge in [-0.25, -0.2) is 0 Å². The largest absolute Gasteiger partial charge is 0.457 e. The normalized spacial score (nSPS) is 45.1. The Balaban J connectivity index is 1.35. The van der Waals surface area contributed by atoms with E-state index in [2.05, 4.69) is 20.8 Å². The molecule has 5 fully saturated rings. The number of carbonyl (C=O) groups is 3. The molecule has 11 nitrogen and oxygen atoms in total. The number of aliphatic hydroxyl groups excluding tert-OH is 1. The third-order valence-electron chi connectivity index (χ3n) is 15.0. The van der Waals surface area contributed by atoms with Crippen LogP contribution in [0.1, 0.15) is 153 Å². The maximum Gasteiger partial charge on any atom is 0.303 e. The number of Topliss-reactive ketones (excluding diaryl/α,β-unsaturated/α-hetero) is 1. The van der Waals surface area contributed by atoms with Crippen LogP contribution in [0.2, 0.25) is 0 Å². The molecule has 5 saturated heterocycles. The van der Waals surface area contributed by atoms with Crippen molar-refractivity contribution in [2.45, 2.75) is 219 Å². The lowest BCUT2D eigenvalue weighted by Crippen LogP contribution is -2.65. The lowest BCUT2D eigenvalue weighted by Gasteiger charge is -2.57. The van der Waals surface area contributed by atoms with E-state index in [0.717, 1.165) is 25.5 Å². The maximum atomic E-state index is 14.5. The first kappa shape index (κ1) is 44.6. The van der Waals surface area contributed by atoms with Gasteiger partial charge in [-0.3, -0.25) is 9.59 Å². The van der Waals surface area contributed by atoms with Gasteiger partial charge in [0.15, 0.2) is 11.9 Å². The second-order valence-electron chi connectivity index (χ2n) is 18.7. The Morgan fingerprint density at radius 3 is 2.18 bits per heavy atom. The molecule has 0 aromatic heterocycles. The van der Waals surface area contributed by atoms with E-state index < -0.39 is 58.9 Å². The van der Waals surface area contributed by atoms with Gasteiger partial charge in [0, 0.05) is 49.4 Å². The number of aliphatic hydroxyl groups is 2. The molecule has 55 heavy (non-hydrogen) atoms. The maximum absolute atomic E-state index is 14.5. The van der Waals surface area contributed by atoms with E-state index in [1.54, 1.807) is 0 Å². The van der Waals surface area contributed by atoms with Gasteiger partial charge in [-0.15, -0.1) is 0 Å². The summed E-state index contributed by atoms with van der Waals surface area (Å²) in [6.07, 6.45) is 5.43. The van der Waals surface area contributed by atoms with Crippen LogP contribution in [-0.2, 0) is 42.8 Å². The van der Waals surface area contributed by atoms with Gasteiger partial charge in [0.2, 0.25) is 5.79 Å². The standard InChI is InChI=1S/C44H74O11/c1-12-32(24-45)34-16-15-25(4)39(52-34)29(8)37(47)28(7)38(48)33(13-2)40-26(5)23-27(6)43(53-40)20-18-36(51-31(10)46)44(55-43)22-21-41(11,54-44)35-17-19-42(49,14-3)30(9)50-35/h24-30,32-37,39-40,47,49H,12-23H2,1-11H3/t25-,26-,27+,28-,29-,30-,32-,33-,34+,35+,36+,37+,39+,40-,41-,42+,43-,44-/m0/s1. The molecule has 0 unspecified atom stereocenters. The van der Waals surface area contributed by atoms with Crippen molar-refractivity contribution < 1.29 is 53.0 Å². The van der Waals surface area contributed by atoms with E-state index in [1.807, 2.05) is 48.5 Å². The smallest absolute Gasteiger partial charge is 0.303 e. The SMILES string of the molecule is CC[C@@H](C=O)[C@H]1CC[C@H](C)[C@H]([C@@H](C)[C@H](O)[C@H](C)C(=O)[C@H](CC)[C@H]2O[C@]3(CC[C@@H](OC(C)=O)[C@]4(CC[C@@](C)([C@H]5CC[C@](O)(CC)[C@H](C)O5)O4)O3)[C@H](C)C[C@@H]2C)O1. The molecule has 0 amide bonds. The molecule has 2 N–H and O–H groups in total. The number of rotatable bonds is 13. The summed E-state index contributed by atoms with van der Waals surface area (Å²) in [5.74, 6) is -4.24. The van der Waals surface area contributed by atoms with Gasteiger partial charge in [-0.1, -0.05) is 55.4 Å². The lowest BCUT2D eigenvalue weighted by molar-refractivity contribution is -0.442. The van der Waals surface area contributed by atoms with Crippen molar-refractivity contribution in [3.05, 3.63) is 0 Å². The van der Waals surface area contributed by atoms with Crippen LogP contribution in [0.5, 0.6) is 0 Å². The van der Waals surface area contributed by atoms with Gasteiger partial charge >= 0.3 is 5.97 Å². The van der Waals surface area contributed by atoms with Gasteiger partial charge in [0.05, 0.1) is 47.8 Å². The van der Waals surface area contributed by atoms with E-state index in [-0.39, 0.29) is 59.8 Å². The monoisotopic (exact) mass is 779 g/mol. The van der Waals surface area contributed by atoms with Gasteiger partial charge in [-0.2, -0.15) is 0 Å². The van der Waals surface area contributed by atoms with Gasteiger partial charge in [0.1, 0.15) is 12.1 Å². The predicted octanol–water partition coefficient (Wildman–Crippen LogP) is 7.10. The zero-order valence-electron chi connectivity index (χ0n) is 35.7. The van der Waals surface area contributed by atoms with Crippen LogP contribution in [0.4, 0.5) is 0 Å². The van der Waals surface area contributed by atoms with Crippen LogP contribution >= 0.6 is 0 Å². The number of carbonyl (C=O) groups excluding carboxylic acids is 3. The van der Waals surface area contributed by atoms with Crippen molar-refractivity contribution in [2.24, 2.45) is 41.4 Å². The molecule has 5 rings (SSSR count). The minimum atomic E-state index is -1.27. The highest BCUT2D eigenvalue weighted by molar-refractivity contribution is 5.84. The van der Waals surface area contributed by atoms with Crippen molar-refractivity contribution in [1.82, 2.24) is 0 Å². The first-order chi connectivity index (χ1) is 25.8. The fourth-order valence-electron chi connectivity index (χ4n) is 11.1. The molecular formula is C44H74O11. The number of ketones is 1. The van der Waals surface area contributed by atoms with E-state index in [0.29, 0.717) is 57.8 Å². The molecule has 5 aliphatic heterocycles. The molecule has 0 saturated carbocycles. The number of hydrogen-bond acceptors (Lipinski definition) is 11. The third-order valence-corrected chi connectivity index (χ3v) is 15.0. The van der Waals surface area contributed by atoms with E-state index in [1.165, 1.54) is 6.92 Å². The highest BCUT2D eigenvalue weighted by atomic mass is 16.8. The summed E-state index contributed by atoms with van der Waals surface area (Å²) in [4.78, 5) is 38.8. The molecule has 316 valence electrons. The summed E-state index contributed by atoms with van der Waals surface area (Å²) >= 11 is 0. The number of ether oxygens (including phenoxy) is 6. The molecule has 5 aliphatic rings. The quantitative estimate of drug-likeness (QED) is 0.146. The predicted molar refractivity (Wildman–Crippen MR) is 207 cm³/mol. The Morgan fingerprint density at radius 1 is 0.873 bits per heavy atom. The number of hydrogen-bond donors (Lipinski definition) is 2. The summed E-state index contributed by atoms with van der Waals surface area (Å²) < 4.78 is 40.3. The van der Waals surface area contributed by atoms with Gasteiger partial charge < -0.3 is 43.4 Å². The Kier molecular flexibility index (Phi) is 14.1. The molecule has 0 aliphatic carbocycles. The van der Waals surface area contributed by atoms with Crippen molar-refractivity contribution >= 4 is 18.0 Å². The second-order valence-corrected chi connectivity index (χ2v) is 18.7. The lowest BCUT2D eigenvalue weighted by atomic mass is 9.72. The molecule has 0 aromatic rings. The molecule has 2 spiro atoms. The first-order valence-electron chi connectivity index (χ1n) is 21.8. The first-order valence-corrected chi connectivity index (χ1v) is 21.8. The summed E-state index contributed by atoms with van der Waals surface area (Å²) in [6.45, 7) is 21.5. The zero-order valence-corrected chi connectivity index (χ0v) is 35.7. The van der Waals surface area contributed by atoms with Crippen LogP contribution in [0.15, 0.2) is 0 Å². The minimum absolute atomic E-state index is 0.0358. The highest BCUT2D eigenvalue weighted by Gasteiger charge is 2.65. The van der Waals surface area contributed by atoms with E-state index in [4.69, 9.17) is 28.4 Å². The van der Waals surface area contributed by atoms with E-state index in [9.17, 15) is 24.6 Å². The fraction of sp³-hybridized carbons (Fsp3) is 0.932. The van der Waals surface area contributed by atoms with Crippen LogP contribution in [0.25, 0.3) is 0 Å². The number of esters is 1. The Labute approximate surface area is 330 Å². The Morgan fingerprint density at radius 2 is 1.58 bits per heavy atom. The highest BCUT2D eigenvalue weighted by Crippen LogP contribution is 2.56. The fourth-order valence-corrected chi connectivity index (χ4v) is 11.1. The second kappa shape index (κ2) is 17.4. The van der Waals surface area contributed by atoms with Gasteiger partial charge in [0.25, 0.3) is 0 Å². The average Bonchev–Trinajstić information content (AvgIpc) is 3.49. The van der Waals surface area contributed by atoms with Crippen LogP contribution in [-0.4, -0.2) is 93.8 Å². The summed E-state index contributed by atoms with van der Waals surface area (Å²) in [7, 11) is 0.